The smallest absolute Gasteiger partial charge is 0.411 e. The monoisotopic (exact) mass is 1630 g/mol. The molecule has 10 bridgehead atoms. The first-order chi connectivity index (χ1) is 53.4. The summed E-state index contributed by atoms with van der Waals surface area (Å²) in [4.78, 5) is 131. The SMILES string of the molecule is CC(=O)[C@@H]1[C@@H]2CC[C@@H](C(CC3CC3)[C@H]2O)N1C(=O)OC(C)(C)C.CC(=O)[C@@H]1[C@@H]2CC[C@@H]([C@@H](CC3CC3)[C@@H]2F)N1C(=O)OC(C)(C)C.CC(=O)[C@@H]1[C@@H]2CC[C@@H]([C@H](CC3CC3)[C@@H]2F)N1C(=O)OC(C)(C)C.CC(C)(C)OC(=O)N1[C@H](C(=O)O)[C@@H]2CC[C@H]1[C@@H](CC1CC1)[C@@H]2F.CC(C)(C)OC(=O)N1[C@H](C(=O)O)[C@@H]2CC[C@H]1[C@H](CC1CC1)[C@@H]2F. The molecular weight excluding hydrogens is 1490 g/mol. The van der Waals surface area contributed by atoms with Gasteiger partial charge in [-0.15, -0.1) is 0 Å². The first kappa shape index (κ1) is 89.8. The Morgan fingerprint density at radius 2 is 0.452 bits per heavy atom. The van der Waals surface area contributed by atoms with Crippen molar-refractivity contribution in [2.45, 2.75) is 404 Å². The molecule has 25 atom stereocenters. The van der Waals surface area contributed by atoms with Crippen LogP contribution in [0.15, 0.2) is 0 Å². The zero-order chi connectivity index (χ0) is 84.7. The average molecular weight is 1630 g/mol. The van der Waals surface area contributed by atoms with E-state index in [0.29, 0.717) is 68.1 Å². The first-order valence-corrected chi connectivity index (χ1v) is 43.7. The van der Waals surface area contributed by atoms with Crippen LogP contribution in [0.5, 0.6) is 0 Å². The minimum absolute atomic E-state index is 0.0468. The number of nitrogens with zero attached hydrogens (tertiary/aromatic N) is 5. The average Bonchev–Trinajstić information content (AvgIpc) is 1.76. The molecular formula is C88H137F4N5O18. The molecule has 0 aromatic heterocycles. The molecule has 10 heterocycles. The molecule has 10 aliphatic carbocycles. The number of aliphatic carboxylic acids is 2. The van der Waals surface area contributed by atoms with Gasteiger partial charge < -0.3 is 39.0 Å². The van der Waals surface area contributed by atoms with Crippen molar-refractivity contribution in [1.29, 1.82) is 0 Å². The number of piperidine rings is 10. The van der Waals surface area contributed by atoms with Crippen molar-refractivity contribution in [2.24, 2.45) is 88.8 Å². The Hall–Kier alpha value is -6.02. The van der Waals surface area contributed by atoms with Crippen LogP contribution in [-0.2, 0) is 47.7 Å². The van der Waals surface area contributed by atoms with Crippen LogP contribution in [0, 0.1) is 88.8 Å². The van der Waals surface area contributed by atoms with Crippen LogP contribution in [0.1, 0.15) is 285 Å². The van der Waals surface area contributed by atoms with E-state index < -0.39 is 143 Å². The highest BCUT2D eigenvalue weighted by Crippen LogP contribution is 2.56. The molecule has 3 N–H and O–H groups in total. The summed E-state index contributed by atoms with van der Waals surface area (Å²) < 4.78 is 87.2. The van der Waals surface area contributed by atoms with Gasteiger partial charge in [-0.1, -0.05) is 64.2 Å². The highest BCUT2D eigenvalue weighted by molar-refractivity contribution is 5.89. The van der Waals surface area contributed by atoms with Crippen molar-refractivity contribution in [1.82, 2.24) is 24.5 Å². The zero-order valence-electron chi connectivity index (χ0n) is 71.7. The molecule has 650 valence electrons. The van der Waals surface area contributed by atoms with Gasteiger partial charge in [0.1, 0.15) is 64.8 Å². The Morgan fingerprint density at radius 3 is 0.643 bits per heavy atom. The minimum atomic E-state index is -1.13. The number of amides is 5. The van der Waals surface area contributed by atoms with E-state index in [0.717, 1.165) is 83.5 Å². The van der Waals surface area contributed by atoms with E-state index in [4.69, 9.17) is 23.7 Å². The number of alkyl halides is 4. The van der Waals surface area contributed by atoms with Gasteiger partial charge in [-0.25, -0.2) is 51.1 Å². The molecule has 0 aromatic rings. The number of carbonyl (C=O) groups excluding carboxylic acids is 8. The van der Waals surface area contributed by atoms with Crippen LogP contribution in [-0.4, -0.2) is 219 Å². The fourth-order valence-electron chi connectivity index (χ4n) is 21.9. The molecule has 23 nitrogen and oxygen atoms in total. The van der Waals surface area contributed by atoms with E-state index in [1.807, 2.05) is 62.3 Å². The van der Waals surface area contributed by atoms with Crippen molar-refractivity contribution in [3.63, 3.8) is 0 Å². The Labute approximate surface area is 678 Å². The zero-order valence-corrected chi connectivity index (χ0v) is 71.7. The summed E-state index contributed by atoms with van der Waals surface area (Å²) >= 11 is 0. The predicted molar refractivity (Wildman–Crippen MR) is 419 cm³/mol. The number of carboxylic acid groups (broad SMARTS) is 2. The van der Waals surface area contributed by atoms with Gasteiger partial charge in [-0.05, 0) is 251 Å². The number of carboxylic acids is 2. The lowest BCUT2D eigenvalue weighted by Gasteiger charge is -2.56. The molecule has 0 radical (unpaired) electrons. The van der Waals surface area contributed by atoms with E-state index in [9.17, 15) is 80.8 Å². The number of fused-ring (bicyclic) bond motifs is 15. The molecule has 20 fully saturated rings. The van der Waals surface area contributed by atoms with Crippen LogP contribution in [0.2, 0.25) is 0 Å². The number of hydrogen-bond acceptors (Lipinski definition) is 16. The molecule has 0 aromatic carbocycles. The molecule has 5 amide bonds. The summed E-state index contributed by atoms with van der Waals surface area (Å²) in [5.74, 6) is -2.36. The quantitative estimate of drug-likeness (QED) is 0.101. The second-order valence-electron chi connectivity index (χ2n) is 42.2. The van der Waals surface area contributed by atoms with Crippen molar-refractivity contribution in [3.05, 3.63) is 0 Å². The second kappa shape index (κ2) is 34.6. The van der Waals surface area contributed by atoms with Crippen LogP contribution in [0.25, 0.3) is 0 Å². The Morgan fingerprint density at radius 1 is 0.278 bits per heavy atom. The van der Waals surface area contributed by atoms with Gasteiger partial charge in [-0.3, -0.25) is 38.9 Å². The molecule has 20 aliphatic rings. The summed E-state index contributed by atoms with van der Waals surface area (Å²) in [6, 6.07) is -5.23. The maximum Gasteiger partial charge on any atom is 0.411 e. The van der Waals surface area contributed by atoms with E-state index in [1.54, 1.807) is 56.2 Å². The summed E-state index contributed by atoms with van der Waals surface area (Å²) in [5.41, 5.74) is -3.21. The molecule has 10 saturated carbocycles. The summed E-state index contributed by atoms with van der Waals surface area (Å²) in [5, 5.41) is 29.9. The lowest BCUT2D eigenvalue weighted by molar-refractivity contribution is -0.163. The summed E-state index contributed by atoms with van der Waals surface area (Å²) in [6.45, 7) is 31.4. The molecule has 10 saturated heterocycles. The van der Waals surface area contributed by atoms with Gasteiger partial charge in [0.15, 0.2) is 17.3 Å². The van der Waals surface area contributed by atoms with Gasteiger partial charge in [0, 0.05) is 89.4 Å². The number of halogens is 4. The number of ketones is 3. The molecule has 27 heteroatoms. The standard InChI is InChI=1S/2C18H28FNO3.C18H29NO4.2C17H26FNO4/c2*1-10(21)16-12-7-8-14(13(15(12)19)9-11-5-6-11)20(16)17(22)23-18(2,3)4;1-10(20)15-12-7-8-14(13(16(12)21)9-11-5-6-11)19(15)17(22)23-18(2,3)4;2*1-17(2,3)23-16(22)19-12-7-6-10(14(19)15(20)21)13(18)11(12)8-9-4-5-9/h2*11-16H,5-9H2,1-4H3;11-16,21H,5-9H2,1-4H3;2*9-14H,4-8H2,1-3H3,(H,20,21)/t12-,13+,14+,15-,16-;12-,13-,14+,15-,16-;12-,13?,14-,15+,16-;10-,11+,12+,13-,14+;10-,11-,12+,13-,14+/m11011/s1. The second-order valence-corrected chi connectivity index (χ2v) is 42.2. The van der Waals surface area contributed by atoms with Crippen molar-refractivity contribution in [2.75, 3.05) is 0 Å². The third-order valence-electron chi connectivity index (χ3n) is 27.2. The molecule has 115 heavy (non-hydrogen) atoms. The highest BCUT2D eigenvalue weighted by atomic mass is 19.1. The lowest BCUT2D eigenvalue weighted by Crippen LogP contribution is -2.68. The number of ether oxygens (including phenoxy) is 5. The van der Waals surface area contributed by atoms with E-state index >= 15 is 0 Å². The maximum absolute atomic E-state index is 15.0. The number of Topliss-reactive ketones (excluding diaryl/α,β-unsaturated/α-hetero) is 3. The summed E-state index contributed by atoms with van der Waals surface area (Å²) in [7, 11) is 0. The van der Waals surface area contributed by atoms with E-state index in [-0.39, 0.29) is 94.9 Å². The predicted octanol–water partition coefficient (Wildman–Crippen LogP) is 16.7. The minimum Gasteiger partial charge on any atom is -0.480 e. The number of aliphatic hydroxyl groups is 1. The van der Waals surface area contributed by atoms with Gasteiger partial charge >= 0.3 is 42.4 Å². The van der Waals surface area contributed by atoms with Crippen LogP contribution in [0.3, 0.4) is 0 Å². The number of rotatable bonds is 15. The van der Waals surface area contributed by atoms with Crippen molar-refractivity contribution >= 4 is 59.8 Å². The van der Waals surface area contributed by atoms with E-state index in [1.165, 1.54) is 69.1 Å². The van der Waals surface area contributed by atoms with Crippen LogP contribution >= 0.6 is 0 Å². The Kier molecular flexibility index (Phi) is 27.0. The van der Waals surface area contributed by atoms with Crippen molar-refractivity contribution < 1.29 is 105 Å². The molecule has 1 unspecified atom stereocenters. The normalized spacial score (nSPS) is 36.9. The number of aliphatic hydroxyl groups excluding tert-OH is 1. The maximum atomic E-state index is 15.0. The third-order valence-corrected chi connectivity index (χ3v) is 27.2. The Balaban J connectivity index is 0.000000142. The van der Waals surface area contributed by atoms with Gasteiger partial charge in [0.05, 0.1) is 24.2 Å². The fraction of sp³-hybridized carbons (Fsp3) is 0.886. The van der Waals surface area contributed by atoms with Crippen LogP contribution < -0.4 is 0 Å². The van der Waals surface area contributed by atoms with Crippen LogP contribution in [0.4, 0.5) is 41.5 Å². The largest absolute Gasteiger partial charge is 0.480 e. The van der Waals surface area contributed by atoms with E-state index in [2.05, 4.69) is 0 Å². The molecule has 0 spiro atoms. The third kappa shape index (κ3) is 21.2. The molecule has 20 rings (SSSR count). The fourth-order valence-corrected chi connectivity index (χ4v) is 21.9. The number of hydrogen-bond donors (Lipinski definition) is 3. The number of carbonyl (C=O) groups is 10. The first-order valence-electron chi connectivity index (χ1n) is 43.7. The molecule has 10 aliphatic heterocycles. The highest BCUT2D eigenvalue weighted by Gasteiger charge is 2.64. The lowest BCUT2D eigenvalue weighted by atomic mass is 9.64. The Bertz CT molecular complexity index is 3010. The van der Waals surface area contributed by atoms with Crippen molar-refractivity contribution in [3.8, 4) is 0 Å². The van der Waals surface area contributed by atoms with Gasteiger partial charge in [-0.2, -0.15) is 0 Å². The van der Waals surface area contributed by atoms with Gasteiger partial charge in [0.25, 0.3) is 0 Å². The summed E-state index contributed by atoms with van der Waals surface area (Å²) in [6.07, 6.45) is 15.6. The topological polar surface area (TPSA) is 294 Å². The van der Waals surface area contributed by atoms with Gasteiger partial charge in [0.2, 0.25) is 0 Å².